The molecule has 0 saturated heterocycles. The lowest BCUT2D eigenvalue weighted by atomic mass is 10.1. The summed E-state index contributed by atoms with van der Waals surface area (Å²) in [6, 6.07) is 3.67. The summed E-state index contributed by atoms with van der Waals surface area (Å²) in [6.07, 6.45) is 7.34. The average Bonchev–Trinajstić information content (AvgIpc) is 2.83. The van der Waals surface area contributed by atoms with E-state index in [9.17, 15) is 4.79 Å². The van der Waals surface area contributed by atoms with Crippen molar-refractivity contribution in [2.75, 3.05) is 13.1 Å². The second-order valence-corrected chi connectivity index (χ2v) is 5.56. The maximum Gasteiger partial charge on any atom is 0.264 e. The van der Waals surface area contributed by atoms with E-state index in [1.807, 2.05) is 12.3 Å². The number of aromatic nitrogens is 1. The number of pyridine rings is 1. The molecule has 0 aliphatic heterocycles. The van der Waals surface area contributed by atoms with Crippen LogP contribution in [0.3, 0.4) is 0 Å². The molecule has 1 saturated carbocycles. The highest BCUT2D eigenvalue weighted by Crippen LogP contribution is 2.23. The molecule has 0 atom stereocenters. The van der Waals surface area contributed by atoms with Gasteiger partial charge in [0.1, 0.15) is 0 Å². The van der Waals surface area contributed by atoms with Crippen LogP contribution in [0.25, 0.3) is 0 Å². The van der Waals surface area contributed by atoms with Gasteiger partial charge in [0.15, 0.2) is 0 Å². The minimum absolute atomic E-state index is 0.0511. The Labute approximate surface area is 110 Å². The maximum absolute atomic E-state index is 11.7. The summed E-state index contributed by atoms with van der Waals surface area (Å²) in [5.41, 5.74) is 0.0511. The van der Waals surface area contributed by atoms with Gasteiger partial charge in [-0.3, -0.25) is 4.79 Å². The lowest BCUT2D eigenvalue weighted by molar-refractivity contribution is 0.474. The summed E-state index contributed by atoms with van der Waals surface area (Å²) in [5.74, 6) is 0.856. The highest BCUT2D eigenvalue weighted by Gasteiger charge is 2.13. The van der Waals surface area contributed by atoms with Crippen LogP contribution in [-0.4, -0.2) is 17.7 Å². The van der Waals surface area contributed by atoms with E-state index in [4.69, 9.17) is 0 Å². The second kappa shape index (κ2) is 6.36. The highest BCUT2D eigenvalue weighted by molar-refractivity contribution is 9.10. The van der Waals surface area contributed by atoms with Gasteiger partial charge in [0.05, 0.1) is 4.47 Å². The van der Waals surface area contributed by atoms with Crippen LogP contribution >= 0.6 is 15.9 Å². The summed E-state index contributed by atoms with van der Waals surface area (Å²) in [5, 5.41) is 3.45. The first-order chi connectivity index (χ1) is 8.27. The van der Waals surface area contributed by atoms with Crippen LogP contribution < -0.4 is 10.9 Å². The van der Waals surface area contributed by atoms with Gasteiger partial charge in [-0.05, 0) is 53.4 Å². The monoisotopic (exact) mass is 298 g/mol. The Bertz CT molecular complexity index is 410. The molecule has 0 unspecified atom stereocenters. The molecular formula is C13H19BrN2O. The number of hydrogen-bond donors (Lipinski definition) is 1. The molecule has 1 aliphatic carbocycles. The van der Waals surface area contributed by atoms with Crippen molar-refractivity contribution < 1.29 is 0 Å². The van der Waals surface area contributed by atoms with Gasteiger partial charge in [-0.1, -0.05) is 12.8 Å². The zero-order chi connectivity index (χ0) is 12.1. The van der Waals surface area contributed by atoms with E-state index in [0.29, 0.717) is 4.47 Å². The van der Waals surface area contributed by atoms with Crippen molar-refractivity contribution in [1.29, 1.82) is 0 Å². The molecule has 0 aromatic carbocycles. The first-order valence-electron chi connectivity index (χ1n) is 6.33. The van der Waals surface area contributed by atoms with Crippen molar-refractivity contribution in [3.05, 3.63) is 33.2 Å². The third kappa shape index (κ3) is 3.68. The topological polar surface area (TPSA) is 34.0 Å². The number of halogens is 1. The predicted octanol–water partition coefficient (Wildman–Crippen LogP) is 2.39. The fourth-order valence-electron chi connectivity index (χ4n) is 2.40. The SMILES string of the molecule is O=c1c(Br)cccn1CCNCC1CCCC1. The maximum atomic E-state index is 11.7. The van der Waals surface area contributed by atoms with Gasteiger partial charge < -0.3 is 9.88 Å². The second-order valence-electron chi connectivity index (χ2n) is 4.71. The molecule has 1 heterocycles. The van der Waals surface area contributed by atoms with Crippen LogP contribution in [0.5, 0.6) is 0 Å². The van der Waals surface area contributed by atoms with Gasteiger partial charge in [-0.15, -0.1) is 0 Å². The van der Waals surface area contributed by atoms with E-state index < -0.39 is 0 Å². The number of rotatable bonds is 5. The Hall–Kier alpha value is -0.610. The summed E-state index contributed by atoms with van der Waals surface area (Å²) in [7, 11) is 0. The predicted molar refractivity (Wildman–Crippen MR) is 73.2 cm³/mol. The van der Waals surface area contributed by atoms with E-state index in [1.54, 1.807) is 10.6 Å². The zero-order valence-corrected chi connectivity index (χ0v) is 11.6. The summed E-state index contributed by atoms with van der Waals surface area (Å²) in [6.45, 7) is 2.71. The van der Waals surface area contributed by atoms with Crippen molar-refractivity contribution in [3.63, 3.8) is 0 Å². The lowest BCUT2D eigenvalue weighted by Crippen LogP contribution is -2.29. The van der Waals surface area contributed by atoms with Crippen molar-refractivity contribution in [2.24, 2.45) is 5.92 Å². The molecule has 1 fully saturated rings. The van der Waals surface area contributed by atoms with Crippen LogP contribution in [0.2, 0.25) is 0 Å². The van der Waals surface area contributed by atoms with Gasteiger partial charge in [-0.2, -0.15) is 0 Å². The van der Waals surface area contributed by atoms with Crippen LogP contribution in [0.15, 0.2) is 27.6 Å². The molecule has 1 aliphatic rings. The van der Waals surface area contributed by atoms with Gasteiger partial charge in [0, 0.05) is 19.3 Å². The molecule has 1 aromatic rings. The molecule has 1 N–H and O–H groups in total. The number of nitrogens with zero attached hydrogens (tertiary/aromatic N) is 1. The van der Waals surface area contributed by atoms with Crippen molar-refractivity contribution in [1.82, 2.24) is 9.88 Å². The third-order valence-electron chi connectivity index (χ3n) is 3.41. The van der Waals surface area contributed by atoms with E-state index in [-0.39, 0.29) is 5.56 Å². The quantitative estimate of drug-likeness (QED) is 0.847. The van der Waals surface area contributed by atoms with Gasteiger partial charge in [0.2, 0.25) is 0 Å². The molecule has 1 aromatic heterocycles. The zero-order valence-electron chi connectivity index (χ0n) is 9.99. The van der Waals surface area contributed by atoms with Crippen molar-refractivity contribution in [2.45, 2.75) is 32.2 Å². The Kier molecular flexibility index (Phi) is 4.80. The molecule has 4 heteroatoms. The molecule has 94 valence electrons. The first kappa shape index (κ1) is 12.8. The van der Waals surface area contributed by atoms with Crippen LogP contribution in [0.1, 0.15) is 25.7 Å². The molecular weight excluding hydrogens is 280 g/mol. The smallest absolute Gasteiger partial charge is 0.264 e. The Morgan fingerprint density at radius 1 is 1.41 bits per heavy atom. The Morgan fingerprint density at radius 3 is 2.94 bits per heavy atom. The molecule has 17 heavy (non-hydrogen) atoms. The Balaban J connectivity index is 1.74. The van der Waals surface area contributed by atoms with Crippen LogP contribution in [0, 0.1) is 5.92 Å². The highest BCUT2D eigenvalue weighted by atomic mass is 79.9. The average molecular weight is 299 g/mol. The summed E-state index contributed by atoms with van der Waals surface area (Å²) >= 11 is 3.26. The fourth-order valence-corrected chi connectivity index (χ4v) is 2.78. The largest absolute Gasteiger partial charge is 0.315 e. The normalized spacial score (nSPS) is 16.5. The Morgan fingerprint density at radius 2 is 2.18 bits per heavy atom. The third-order valence-corrected chi connectivity index (χ3v) is 4.01. The van der Waals surface area contributed by atoms with Gasteiger partial charge >= 0.3 is 0 Å². The summed E-state index contributed by atoms with van der Waals surface area (Å²) in [4.78, 5) is 11.7. The first-order valence-corrected chi connectivity index (χ1v) is 7.12. The van der Waals surface area contributed by atoms with E-state index in [2.05, 4.69) is 21.2 Å². The van der Waals surface area contributed by atoms with Gasteiger partial charge in [-0.25, -0.2) is 0 Å². The van der Waals surface area contributed by atoms with E-state index >= 15 is 0 Å². The van der Waals surface area contributed by atoms with Crippen molar-refractivity contribution >= 4 is 15.9 Å². The molecule has 0 radical (unpaired) electrons. The van der Waals surface area contributed by atoms with E-state index in [1.165, 1.54) is 25.7 Å². The molecule has 0 bridgehead atoms. The number of nitrogens with one attached hydrogen (secondary N) is 1. The van der Waals surface area contributed by atoms with Gasteiger partial charge in [0.25, 0.3) is 5.56 Å². The molecule has 0 amide bonds. The minimum atomic E-state index is 0.0511. The molecule has 0 spiro atoms. The van der Waals surface area contributed by atoms with Crippen molar-refractivity contribution in [3.8, 4) is 0 Å². The molecule has 3 nitrogen and oxygen atoms in total. The van der Waals surface area contributed by atoms with Crippen LogP contribution in [-0.2, 0) is 6.54 Å². The number of hydrogen-bond acceptors (Lipinski definition) is 2. The lowest BCUT2D eigenvalue weighted by Gasteiger charge is -2.11. The van der Waals surface area contributed by atoms with E-state index in [0.717, 1.165) is 25.6 Å². The molecule has 2 rings (SSSR count). The minimum Gasteiger partial charge on any atom is -0.315 e. The standard InChI is InChI=1S/C13H19BrN2O/c14-12-6-3-8-16(13(12)17)9-7-15-10-11-4-1-2-5-11/h3,6,8,11,15H,1-2,4-5,7,9-10H2. The fraction of sp³-hybridized carbons (Fsp3) is 0.615. The van der Waals surface area contributed by atoms with Crippen LogP contribution in [0.4, 0.5) is 0 Å². The summed E-state index contributed by atoms with van der Waals surface area (Å²) < 4.78 is 2.38.